The first kappa shape index (κ1) is 19.7. The predicted octanol–water partition coefficient (Wildman–Crippen LogP) is 2.81. The molecule has 2 aliphatic rings. The number of nitrogens with one attached hydrogen (secondary N) is 1. The zero-order valence-corrected chi connectivity index (χ0v) is 16.4. The zero-order chi connectivity index (χ0) is 19.3. The molecule has 2 fully saturated rings. The largest absolute Gasteiger partial charge is 0.383 e. The second-order valence-corrected chi connectivity index (χ2v) is 7.88. The summed E-state index contributed by atoms with van der Waals surface area (Å²) in [4.78, 5) is 28.7. The molecular weight excluding hydrogens is 342 g/mol. The molecule has 3 rings (SSSR count). The lowest BCUT2D eigenvalue weighted by atomic mass is 9.72. The summed E-state index contributed by atoms with van der Waals surface area (Å²) < 4.78 is 5.14. The summed E-state index contributed by atoms with van der Waals surface area (Å²) in [5.74, 6) is 0.231. The maximum Gasteiger partial charge on any atom is 0.317 e. The summed E-state index contributed by atoms with van der Waals surface area (Å²) in [7, 11) is 1.66. The molecule has 0 aliphatic carbocycles. The average Bonchev–Trinajstić information content (AvgIpc) is 2.70. The van der Waals surface area contributed by atoms with Crippen LogP contribution in [-0.4, -0.2) is 61.6 Å². The van der Waals surface area contributed by atoms with E-state index in [0.29, 0.717) is 19.6 Å². The first-order chi connectivity index (χ1) is 13.0. The van der Waals surface area contributed by atoms with Gasteiger partial charge < -0.3 is 19.9 Å². The fraction of sp³-hybridized carbons (Fsp3) is 0.619. The van der Waals surface area contributed by atoms with Gasteiger partial charge in [0.1, 0.15) is 0 Å². The molecule has 1 N–H and O–H groups in total. The molecule has 0 aromatic heterocycles. The molecule has 3 amide bonds. The molecule has 0 radical (unpaired) electrons. The molecule has 2 heterocycles. The van der Waals surface area contributed by atoms with Crippen LogP contribution < -0.4 is 5.32 Å². The van der Waals surface area contributed by atoms with E-state index < -0.39 is 0 Å². The molecule has 1 atom stereocenters. The number of hydrogen-bond acceptors (Lipinski definition) is 3. The highest BCUT2D eigenvalue weighted by Crippen LogP contribution is 2.40. The maximum atomic E-state index is 12.6. The van der Waals surface area contributed by atoms with Crippen LogP contribution in [0.2, 0.25) is 0 Å². The van der Waals surface area contributed by atoms with Gasteiger partial charge in [0.2, 0.25) is 5.91 Å². The molecule has 6 heteroatoms. The number of likely N-dealkylation sites (tertiary alicyclic amines) is 2. The Morgan fingerprint density at radius 2 is 1.93 bits per heavy atom. The van der Waals surface area contributed by atoms with Crippen LogP contribution >= 0.6 is 0 Å². The second kappa shape index (κ2) is 8.74. The molecule has 1 spiro atoms. The Morgan fingerprint density at radius 1 is 1.22 bits per heavy atom. The Balaban J connectivity index is 1.52. The third-order valence-corrected chi connectivity index (χ3v) is 6.06. The van der Waals surface area contributed by atoms with Crippen LogP contribution in [0.5, 0.6) is 0 Å². The summed E-state index contributed by atoms with van der Waals surface area (Å²) in [6, 6.07) is 10.0. The van der Waals surface area contributed by atoms with E-state index in [9.17, 15) is 9.59 Å². The summed E-state index contributed by atoms with van der Waals surface area (Å²) in [5.41, 5.74) is 1.27. The molecule has 1 aromatic carbocycles. The van der Waals surface area contributed by atoms with Crippen molar-refractivity contribution in [3.05, 3.63) is 35.9 Å². The van der Waals surface area contributed by atoms with E-state index >= 15 is 0 Å². The van der Waals surface area contributed by atoms with Gasteiger partial charge in [-0.25, -0.2) is 4.79 Å². The number of nitrogens with zero attached hydrogens (tertiary/aromatic N) is 2. The van der Waals surface area contributed by atoms with Crippen molar-refractivity contribution in [2.45, 2.75) is 38.6 Å². The van der Waals surface area contributed by atoms with Gasteiger partial charge >= 0.3 is 6.03 Å². The Kier molecular flexibility index (Phi) is 6.37. The normalized spacial score (nSPS) is 20.6. The quantitative estimate of drug-likeness (QED) is 0.863. The van der Waals surface area contributed by atoms with Crippen LogP contribution in [0.25, 0.3) is 0 Å². The van der Waals surface area contributed by atoms with Crippen LogP contribution in [0.3, 0.4) is 0 Å². The topological polar surface area (TPSA) is 61.9 Å². The Morgan fingerprint density at radius 3 is 2.59 bits per heavy atom. The highest BCUT2D eigenvalue weighted by molar-refractivity contribution is 5.77. The van der Waals surface area contributed by atoms with Gasteiger partial charge in [-0.1, -0.05) is 30.3 Å². The van der Waals surface area contributed by atoms with Crippen LogP contribution in [0.4, 0.5) is 4.79 Å². The van der Waals surface area contributed by atoms with Gasteiger partial charge in [0.15, 0.2) is 0 Å². The number of urea groups is 1. The molecular formula is C21H31N3O3. The Hall–Kier alpha value is -2.08. The van der Waals surface area contributed by atoms with E-state index in [1.54, 1.807) is 7.11 Å². The van der Waals surface area contributed by atoms with Gasteiger partial charge in [-0.3, -0.25) is 4.79 Å². The lowest BCUT2D eigenvalue weighted by Crippen LogP contribution is -2.54. The van der Waals surface area contributed by atoms with Crippen molar-refractivity contribution in [2.75, 3.05) is 39.9 Å². The van der Waals surface area contributed by atoms with Gasteiger partial charge in [0, 0.05) is 39.7 Å². The lowest BCUT2D eigenvalue weighted by Gasteiger charge is -2.47. The Labute approximate surface area is 161 Å². The number of hydrogen-bond donors (Lipinski definition) is 1. The summed E-state index contributed by atoms with van der Waals surface area (Å²) in [6.45, 7) is 5.55. The second-order valence-electron chi connectivity index (χ2n) is 7.88. The van der Waals surface area contributed by atoms with Crippen molar-refractivity contribution >= 4 is 11.9 Å². The third kappa shape index (κ3) is 4.80. The molecule has 1 unspecified atom stereocenters. The number of amides is 3. The highest BCUT2D eigenvalue weighted by atomic mass is 16.5. The zero-order valence-electron chi connectivity index (χ0n) is 16.4. The van der Waals surface area contributed by atoms with Crippen LogP contribution in [-0.2, 0) is 9.53 Å². The number of carbonyl (C=O) groups is 2. The summed E-state index contributed by atoms with van der Waals surface area (Å²) >= 11 is 0. The fourth-order valence-electron chi connectivity index (χ4n) is 4.20. The molecule has 1 aromatic rings. The fourth-order valence-corrected chi connectivity index (χ4v) is 4.20. The van der Waals surface area contributed by atoms with Gasteiger partial charge in [-0.05, 0) is 37.2 Å². The molecule has 2 saturated heterocycles. The number of piperidine rings is 2. The minimum Gasteiger partial charge on any atom is -0.383 e. The van der Waals surface area contributed by atoms with Crippen molar-refractivity contribution in [2.24, 2.45) is 5.41 Å². The number of carbonyl (C=O) groups excluding carboxylic acids is 2. The molecule has 6 nitrogen and oxygen atoms in total. The molecule has 0 saturated carbocycles. The van der Waals surface area contributed by atoms with Gasteiger partial charge in [-0.15, -0.1) is 0 Å². The average molecular weight is 373 g/mol. The summed E-state index contributed by atoms with van der Waals surface area (Å²) in [5, 5.41) is 3.11. The molecule has 27 heavy (non-hydrogen) atoms. The van der Waals surface area contributed by atoms with Gasteiger partial charge in [0.05, 0.1) is 12.6 Å². The first-order valence-electron chi connectivity index (χ1n) is 9.90. The van der Waals surface area contributed by atoms with Crippen molar-refractivity contribution in [1.82, 2.24) is 15.1 Å². The SMILES string of the molecule is COCCN1CC2(CCC1=O)CCN(C(=O)NC(C)c1ccccc1)CC2. The van der Waals surface area contributed by atoms with E-state index in [2.05, 4.69) is 5.32 Å². The predicted molar refractivity (Wildman–Crippen MR) is 104 cm³/mol. The number of ether oxygens (including phenoxy) is 1. The van der Waals surface area contributed by atoms with E-state index in [-0.39, 0.29) is 23.4 Å². The summed E-state index contributed by atoms with van der Waals surface area (Å²) in [6.07, 6.45) is 3.46. The van der Waals surface area contributed by atoms with Crippen LogP contribution in [0.15, 0.2) is 30.3 Å². The van der Waals surface area contributed by atoms with E-state index in [1.165, 1.54) is 0 Å². The highest BCUT2D eigenvalue weighted by Gasteiger charge is 2.41. The van der Waals surface area contributed by atoms with E-state index in [0.717, 1.165) is 44.5 Å². The third-order valence-electron chi connectivity index (χ3n) is 6.06. The van der Waals surface area contributed by atoms with Crippen LogP contribution in [0.1, 0.15) is 44.2 Å². The van der Waals surface area contributed by atoms with Crippen molar-refractivity contribution < 1.29 is 14.3 Å². The van der Waals surface area contributed by atoms with Gasteiger partial charge in [0.25, 0.3) is 0 Å². The van der Waals surface area contributed by atoms with Gasteiger partial charge in [-0.2, -0.15) is 0 Å². The standard InChI is InChI=1S/C21H31N3O3/c1-17(18-6-4-3-5-7-18)22-20(26)23-12-10-21(11-13-23)9-8-19(25)24(16-21)14-15-27-2/h3-7,17H,8-16H2,1-2H3,(H,22,26). The van der Waals surface area contributed by atoms with Crippen molar-refractivity contribution in [1.29, 1.82) is 0 Å². The molecule has 148 valence electrons. The van der Waals surface area contributed by atoms with Crippen LogP contribution in [0, 0.1) is 5.41 Å². The number of rotatable bonds is 5. The smallest absolute Gasteiger partial charge is 0.317 e. The minimum absolute atomic E-state index is 0.00401. The monoisotopic (exact) mass is 373 g/mol. The van der Waals surface area contributed by atoms with Crippen molar-refractivity contribution in [3.8, 4) is 0 Å². The Bertz CT molecular complexity index is 641. The maximum absolute atomic E-state index is 12.6. The molecule has 0 bridgehead atoms. The number of methoxy groups -OCH3 is 1. The lowest BCUT2D eigenvalue weighted by molar-refractivity contribution is -0.139. The number of benzene rings is 1. The molecule has 2 aliphatic heterocycles. The van der Waals surface area contributed by atoms with E-state index in [4.69, 9.17) is 4.74 Å². The minimum atomic E-state index is -0.00794. The first-order valence-corrected chi connectivity index (χ1v) is 9.90. The van der Waals surface area contributed by atoms with Crippen molar-refractivity contribution in [3.63, 3.8) is 0 Å². The van der Waals surface area contributed by atoms with E-state index in [1.807, 2.05) is 47.1 Å².